The van der Waals surface area contributed by atoms with E-state index in [2.05, 4.69) is 12.6 Å². The predicted molar refractivity (Wildman–Crippen MR) is 40.1 cm³/mol. The summed E-state index contributed by atoms with van der Waals surface area (Å²) in [7, 11) is 0. The summed E-state index contributed by atoms with van der Waals surface area (Å²) in [6.07, 6.45) is -0.243. The Morgan fingerprint density at radius 2 is 2.44 bits per heavy atom. The Morgan fingerprint density at radius 3 is 2.56 bits per heavy atom. The van der Waals surface area contributed by atoms with E-state index < -0.39 is 0 Å². The number of ether oxygens (including phenoxy) is 1. The van der Waals surface area contributed by atoms with Crippen LogP contribution >= 0.6 is 24.2 Å². The lowest BCUT2D eigenvalue weighted by Gasteiger charge is -2.09. The molecule has 54 valence electrons. The quantitative estimate of drug-likeness (QED) is 0.388. The van der Waals surface area contributed by atoms with Crippen LogP contribution in [-0.4, -0.2) is 23.7 Å². The van der Waals surface area contributed by atoms with Gasteiger partial charge in [-0.2, -0.15) is 12.6 Å². The number of carbonyl (C=O) groups excluding carboxylic acids is 1. The summed E-state index contributed by atoms with van der Waals surface area (Å²) in [5.41, 5.74) is 0. The van der Waals surface area contributed by atoms with Crippen LogP contribution in [0.25, 0.3) is 0 Å². The molecule has 0 aliphatic rings. The minimum Gasteiger partial charge on any atom is -0.460 e. The standard InChI is InChI=1S/C5H9ClO2S/c1-4(7)8-5(2-6)3-9/h5,9H,2-3H2,1H3. The van der Waals surface area contributed by atoms with Gasteiger partial charge in [0.1, 0.15) is 6.10 Å². The molecule has 0 bridgehead atoms. The molecule has 0 saturated heterocycles. The van der Waals surface area contributed by atoms with Gasteiger partial charge in [0.15, 0.2) is 0 Å². The van der Waals surface area contributed by atoms with Gasteiger partial charge < -0.3 is 4.74 Å². The number of hydrogen-bond acceptors (Lipinski definition) is 3. The second-order valence-electron chi connectivity index (χ2n) is 1.57. The summed E-state index contributed by atoms with van der Waals surface area (Å²) in [4.78, 5) is 10.3. The number of alkyl halides is 1. The Balaban J connectivity index is 3.43. The molecular weight excluding hydrogens is 160 g/mol. The van der Waals surface area contributed by atoms with Crippen molar-refractivity contribution in [2.24, 2.45) is 0 Å². The maximum absolute atomic E-state index is 10.3. The van der Waals surface area contributed by atoms with Gasteiger partial charge in [-0.3, -0.25) is 4.79 Å². The summed E-state index contributed by atoms with van der Waals surface area (Å²) < 4.78 is 4.70. The van der Waals surface area contributed by atoms with Gasteiger partial charge in [-0.1, -0.05) is 0 Å². The summed E-state index contributed by atoms with van der Waals surface area (Å²) in [5, 5.41) is 0. The van der Waals surface area contributed by atoms with Crippen LogP contribution < -0.4 is 0 Å². The van der Waals surface area contributed by atoms with E-state index in [0.717, 1.165) is 0 Å². The van der Waals surface area contributed by atoms with Crippen molar-refractivity contribution in [2.75, 3.05) is 11.6 Å². The Bertz CT molecular complexity index is 93.0. The average molecular weight is 169 g/mol. The van der Waals surface area contributed by atoms with Gasteiger partial charge in [-0.25, -0.2) is 0 Å². The number of rotatable bonds is 3. The van der Waals surface area contributed by atoms with Gasteiger partial charge in [0.25, 0.3) is 0 Å². The molecule has 0 aromatic carbocycles. The number of thiol groups is 1. The van der Waals surface area contributed by atoms with E-state index in [1.807, 2.05) is 0 Å². The van der Waals surface area contributed by atoms with Crippen molar-refractivity contribution in [3.63, 3.8) is 0 Å². The lowest BCUT2D eigenvalue weighted by Crippen LogP contribution is -2.19. The summed E-state index contributed by atoms with van der Waals surface area (Å²) in [5.74, 6) is 0.473. The van der Waals surface area contributed by atoms with Crippen LogP contribution in [0.5, 0.6) is 0 Å². The normalized spacial score (nSPS) is 12.8. The average Bonchev–Trinajstić information content (AvgIpc) is 1.82. The number of halogens is 1. The SMILES string of the molecule is CC(=O)OC(CS)CCl. The molecule has 1 unspecified atom stereocenters. The van der Waals surface area contributed by atoms with Gasteiger partial charge in [0, 0.05) is 12.7 Å². The number of hydrogen-bond donors (Lipinski definition) is 1. The highest BCUT2D eigenvalue weighted by Gasteiger charge is 2.06. The van der Waals surface area contributed by atoms with E-state index in [0.29, 0.717) is 11.6 Å². The lowest BCUT2D eigenvalue weighted by molar-refractivity contribution is -0.144. The Hall–Kier alpha value is 0.110. The Labute approximate surface area is 64.9 Å². The first kappa shape index (κ1) is 9.11. The van der Waals surface area contributed by atoms with Crippen molar-refractivity contribution in [2.45, 2.75) is 13.0 Å². The van der Waals surface area contributed by atoms with Crippen LogP contribution in [0.4, 0.5) is 0 Å². The molecule has 0 amide bonds. The second-order valence-corrected chi connectivity index (χ2v) is 2.24. The highest BCUT2D eigenvalue weighted by molar-refractivity contribution is 7.80. The molecule has 0 radical (unpaired) electrons. The van der Waals surface area contributed by atoms with Crippen molar-refractivity contribution in [1.82, 2.24) is 0 Å². The van der Waals surface area contributed by atoms with Crippen molar-refractivity contribution < 1.29 is 9.53 Å². The fourth-order valence-corrected chi connectivity index (χ4v) is 0.880. The topological polar surface area (TPSA) is 26.3 Å². The fraction of sp³-hybridized carbons (Fsp3) is 0.800. The molecule has 0 N–H and O–H groups in total. The van der Waals surface area contributed by atoms with E-state index in [1.165, 1.54) is 6.92 Å². The maximum Gasteiger partial charge on any atom is 0.302 e. The Kier molecular flexibility index (Phi) is 5.00. The van der Waals surface area contributed by atoms with E-state index in [9.17, 15) is 4.79 Å². The van der Waals surface area contributed by atoms with Crippen LogP contribution in [0.15, 0.2) is 0 Å². The van der Waals surface area contributed by atoms with Crippen molar-refractivity contribution in [3.8, 4) is 0 Å². The summed E-state index contributed by atoms with van der Waals surface area (Å²) in [6, 6.07) is 0. The minimum absolute atomic E-state index is 0.243. The maximum atomic E-state index is 10.3. The smallest absolute Gasteiger partial charge is 0.302 e. The molecule has 0 aromatic heterocycles. The third-order valence-electron chi connectivity index (χ3n) is 0.708. The largest absolute Gasteiger partial charge is 0.460 e. The highest BCUT2D eigenvalue weighted by atomic mass is 35.5. The van der Waals surface area contributed by atoms with Crippen LogP contribution in [-0.2, 0) is 9.53 Å². The molecule has 0 aliphatic carbocycles. The van der Waals surface area contributed by atoms with Gasteiger partial charge in [-0.15, -0.1) is 11.6 Å². The molecule has 0 saturated carbocycles. The Morgan fingerprint density at radius 1 is 1.89 bits per heavy atom. The third kappa shape index (κ3) is 4.60. The van der Waals surface area contributed by atoms with Crippen molar-refractivity contribution in [3.05, 3.63) is 0 Å². The van der Waals surface area contributed by atoms with Crippen molar-refractivity contribution in [1.29, 1.82) is 0 Å². The first-order chi connectivity index (χ1) is 4.20. The van der Waals surface area contributed by atoms with Gasteiger partial charge in [0.05, 0.1) is 5.88 Å². The predicted octanol–water partition coefficient (Wildman–Crippen LogP) is 1.09. The molecule has 0 aliphatic heterocycles. The van der Waals surface area contributed by atoms with E-state index >= 15 is 0 Å². The van der Waals surface area contributed by atoms with Crippen molar-refractivity contribution >= 4 is 30.2 Å². The number of esters is 1. The summed E-state index contributed by atoms with van der Waals surface area (Å²) in [6.45, 7) is 1.35. The zero-order valence-corrected chi connectivity index (χ0v) is 6.78. The molecular formula is C5H9ClO2S. The molecule has 1 atom stereocenters. The van der Waals surface area contributed by atoms with E-state index in [1.54, 1.807) is 0 Å². The fourth-order valence-electron chi connectivity index (χ4n) is 0.352. The van der Waals surface area contributed by atoms with Gasteiger partial charge in [0.2, 0.25) is 0 Å². The molecule has 0 rings (SSSR count). The molecule has 9 heavy (non-hydrogen) atoms. The molecule has 0 spiro atoms. The molecule has 0 heterocycles. The van der Waals surface area contributed by atoms with Crippen LogP contribution in [0.3, 0.4) is 0 Å². The van der Waals surface area contributed by atoms with Crippen LogP contribution in [0.1, 0.15) is 6.92 Å². The number of carbonyl (C=O) groups is 1. The minimum atomic E-state index is -0.310. The molecule has 0 aromatic rings. The van der Waals surface area contributed by atoms with E-state index in [-0.39, 0.29) is 12.1 Å². The molecule has 0 fully saturated rings. The highest BCUT2D eigenvalue weighted by Crippen LogP contribution is 1.97. The lowest BCUT2D eigenvalue weighted by atomic mass is 10.5. The zero-order chi connectivity index (χ0) is 7.28. The van der Waals surface area contributed by atoms with Gasteiger partial charge in [-0.05, 0) is 0 Å². The van der Waals surface area contributed by atoms with Gasteiger partial charge >= 0.3 is 5.97 Å². The monoisotopic (exact) mass is 168 g/mol. The third-order valence-corrected chi connectivity index (χ3v) is 1.46. The van der Waals surface area contributed by atoms with E-state index in [4.69, 9.17) is 16.3 Å². The summed E-state index contributed by atoms with van der Waals surface area (Å²) >= 11 is 9.29. The zero-order valence-electron chi connectivity index (χ0n) is 5.13. The first-order valence-corrected chi connectivity index (χ1v) is 3.71. The van der Waals surface area contributed by atoms with Crippen LogP contribution in [0, 0.1) is 0 Å². The first-order valence-electron chi connectivity index (χ1n) is 2.54. The molecule has 2 nitrogen and oxygen atoms in total. The van der Waals surface area contributed by atoms with Crippen LogP contribution in [0.2, 0.25) is 0 Å². The molecule has 4 heteroatoms. The second kappa shape index (κ2) is 4.94.